The topological polar surface area (TPSA) is 96.8 Å². The fourth-order valence-corrected chi connectivity index (χ4v) is 6.22. The largest absolute Gasteiger partial charge is 0.416 e. The molecule has 0 saturated carbocycles. The Morgan fingerprint density at radius 2 is 1.77 bits per heavy atom. The van der Waals surface area contributed by atoms with Crippen molar-refractivity contribution in [2.75, 3.05) is 12.3 Å². The molecule has 0 spiro atoms. The molecule has 7 nitrogen and oxygen atoms in total. The van der Waals surface area contributed by atoms with E-state index in [2.05, 4.69) is 4.98 Å². The van der Waals surface area contributed by atoms with E-state index in [0.717, 1.165) is 31.4 Å². The van der Waals surface area contributed by atoms with Crippen molar-refractivity contribution in [3.8, 4) is 11.3 Å². The maximum Gasteiger partial charge on any atom is 0.416 e. The molecule has 2 fully saturated rings. The summed E-state index contributed by atoms with van der Waals surface area (Å²) in [4.78, 5) is 23.6. The standard InChI is InChI=1S/C29H27ClF3N5O2/c1-28(40,19-3-2-4-20(13-19)29(31,32)33)18-8-5-16(6-9-18)24-25-26(34)35-14-22(30)38(25)27(36-24)17-7-10-21-11-12-23(39)37(21)15-17/h2-6,8-9,13-14,17,21,40H,7,10-12,15H2,1H3,(H2,34,35)/t17-,21+,28-/m1/s1. The van der Waals surface area contributed by atoms with Crippen LogP contribution in [0.3, 0.4) is 0 Å². The number of piperidine rings is 1. The summed E-state index contributed by atoms with van der Waals surface area (Å²) >= 11 is 6.60. The molecule has 4 heterocycles. The smallest absolute Gasteiger partial charge is 0.382 e. The van der Waals surface area contributed by atoms with Gasteiger partial charge in [0.1, 0.15) is 33.6 Å². The molecule has 0 radical (unpaired) electrons. The number of nitrogens with zero attached hydrogens (tertiary/aromatic N) is 4. The lowest BCUT2D eigenvalue weighted by atomic mass is 9.87. The van der Waals surface area contributed by atoms with Crippen molar-refractivity contribution in [2.45, 2.75) is 56.3 Å². The number of anilines is 1. The SMILES string of the molecule is C[C@@](O)(c1ccc(-c2nc([C@@H]3CC[C@H]4CCC(=O)N4C3)n3c(Cl)cnc(N)c23)cc1)c1cccc(C(F)(F)F)c1. The molecule has 2 saturated heterocycles. The summed E-state index contributed by atoms with van der Waals surface area (Å²) in [5, 5.41) is 11.6. The summed E-state index contributed by atoms with van der Waals surface area (Å²) in [5.41, 5.74) is 6.10. The molecule has 11 heteroatoms. The maximum atomic E-state index is 13.3. The van der Waals surface area contributed by atoms with Crippen molar-refractivity contribution in [2.24, 2.45) is 0 Å². The second-order valence-electron chi connectivity index (χ2n) is 10.7. The highest BCUT2D eigenvalue weighted by Crippen LogP contribution is 2.40. The average Bonchev–Trinajstić information content (AvgIpc) is 3.52. The molecule has 208 valence electrons. The molecule has 3 atom stereocenters. The summed E-state index contributed by atoms with van der Waals surface area (Å²) in [6.07, 6.45) is 0.141. The number of carbonyl (C=O) groups excluding carboxylic acids is 1. The average molecular weight is 570 g/mol. The van der Waals surface area contributed by atoms with Crippen molar-refractivity contribution >= 4 is 28.8 Å². The van der Waals surface area contributed by atoms with Crippen molar-refractivity contribution < 1.29 is 23.1 Å². The third kappa shape index (κ3) is 4.39. The molecule has 2 aliphatic rings. The molecule has 6 rings (SSSR count). The number of amides is 1. The summed E-state index contributed by atoms with van der Waals surface area (Å²) in [6, 6.07) is 11.7. The molecular weight excluding hydrogens is 543 g/mol. The van der Waals surface area contributed by atoms with Gasteiger partial charge in [-0.25, -0.2) is 9.97 Å². The lowest BCUT2D eigenvalue weighted by Crippen LogP contribution is -2.41. The second kappa shape index (κ2) is 9.49. The highest BCUT2D eigenvalue weighted by molar-refractivity contribution is 6.30. The van der Waals surface area contributed by atoms with Gasteiger partial charge in [0.2, 0.25) is 5.91 Å². The van der Waals surface area contributed by atoms with Crippen molar-refractivity contribution in [1.29, 1.82) is 0 Å². The van der Waals surface area contributed by atoms with E-state index in [9.17, 15) is 23.1 Å². The van der Waals surface area contributed by atoms with Crippen LogP contribution in [0.25, 0.3) is 16.8 Å². The van der Waals surface area contributed by atoms with Gasteiger partial charge in [0, 0.05) is 30.5 Å². The number of hydrogen-bond donors (Lipinski definition) is 2. The molecule has 2 aromatic carbocycles. The van der Waals surface area contributed by atoms with E-state index in [1.165, 1.54) is 25.3 Å². The predicted octanol–water partition coefficient (Wildman–Crippen LogP) is 5.77. The predicted molar refractivity (Wildman–Crippen MR) is 145 cm³/mol. The molecular formula is C29H27ClF3N5O2. The number of fused-ring (bicyclic) bond motifs is 2. The quantitative estimate of drug-likeness (QED) is 0.325. The molecule has 3 N–H and O–H groups in total. The molecule has 40 heavy (non-hydrogen) atoms. The Balaban J connectivity index is 1.39. The minimum absolute atomic E-state index is 0.0419. The van der Waals surface area contributed by atoms with Crippen LogP contribution in [0, 0.1) is 0 Å². The number of hydrogen-bond acceptors (Lipinski definition) is 5. The Labute approximate surface area is 233 Å². The first-order valence-electron chi connectivity index (χ1n) is 13.1. The van der Waals surface area contributed by atoms with Gasteiger partial charge in [-0.3, -0.25) is 9.20 Å². The van der Waals surface area contributed by atoms with E-state index in [1.54, 1.807) is 28.7 Å². The molecule has 0 aliphatic carbocycles. The highest BCUT2D eigenvalue weighted by atomic mass is 35.5. The Morgan fingerprint density at radius 1 is 1.05 bits per heavy atom. The van der Waals surface area contributed by atoms with E-state index >= 15 is 0 Å². The fraction of sp³-hybridized carbons (Fsp3) is 0.345. The van der Waals surface area contributed by atoms with Crippen LogP contribution in [-0.4, -0.2) is 42.9 Å². The van der Waals surface area contributed by atoms with Crippen LogP contribution in [0.15, 0.2) is 54.7 Å². The number of aromatic nitrogens is 3. The van der Waals surface area contributed by atoms with Gasteiger partial charge in [-0.2, -0.15) is 13.2 Å². The van der Waals surface area contributed by atoms with Crippen LogP contribution in [-0.2, 0) is 16.6 Å². The normalized spacial score (nSPS) is 21.1. The van der Waals surface area contributed by atoms with Crippen LogP contribution in [0.1, 0.15) is 61.0 Å². The van der Waals surface area contributed by atoms with Crippen LogP contribution in [0.2, 0.25) is 5.15 Å². The summed E-state index contributed by atoms with van der Waals surface area (Å²) in [6.45, 7) is 2.01. The number of alkyl halides is 3. The zero-order valence-corrected chi connectivity index (χ0v) is 22.4. The minimum Gasteiger partial charge on any atom is -0.382 e. The zero-order chi connectivity index (χ0) is 28.4. The minimum atomic E-state index is -4.52. The molecule has 2 aromatic heterocycles. The first kappa shape index (κ1) is 26.6. The first-order chi connectivity index (χ1) is 18.9. The number of aliphatic hydroxyl groups is 1. The van der Waals surface area contributed by atoms with Crippen molar-refractivity contribution in [3.63, 3.8) is 0 Å². The number of carbonyl (C=O) groups is 1. The van der Waals surface area contributed by atoms with Crippen LogP contribution in [0.5, 0.6) is 0 Å². The van der Waals surface area contributed by atoms with Crippen molar-refractivity contribution in [3.05, 3.63) is 82.4 Å². The van der Waals surface area contributed by atoms with E-state index in [1.807, 2.05) is 4.90 Å². The fourth-order valence-electron chi connectivity index (χ4n) is 6.00. The Bertz CT molecular complexity index is 1620. The molecule has 2 aliphatic heterocycles. The molecule has 4 aromatic rings. The number of nitrogen functional groups attached to an aromatic ring is 1. The van der Waals surface area contributed by atoms with E-state index in [4.69, 9.17) is 22.3 Å². The van der Waals surface area contributed by atoms with Gasteiger partial charge in [-0.15, -0.1) is 0 Å². The highest BCUT2D eigenvalue weighted by Gasteiger charge is 2.39. The monoisotopic (exact) mass is 569 g/mol. The molecule has 0 unspecified atom stereocenters. The zero-order valence-electron chi connectivity index (χ0n) is 21.6. The van der Waals surface area contributed by atoms with Gasteiger partial charge in [0.15, 0.2) is 0 Å². The number of halogens is 4. The summed E-state index contributed by atoms with van der Waals surface area (Å²) in [5.74, 6) is 1.05. The molecule has 0 bridgehead atoms. The molecule has 1 amide bonds. The van der Waals surface area contributed by atoms with Crippen LogP contribution in [0.4, 0.5) is 19.0 Å². The third-order valence-corrected chi connectivity index (χ3v) is 8.49. The summed E-state index contributed by atoms with van der Waals surface area (Å²) < 4.78 is 41.6. The van der Waals surface area contributed by atoms with Gasteiger partial charge in [0.05, 0.1) is 11.8 Å². The van der Waals surface area contributed by atoms with Gasteiger partial charge in [-0.1, -0.05) is 48.0 Å². The number of nitrogens with two attached hydrogens (primary N) is 1. The van der Waals surface area contributed by atoms with Crippen molar-refractivity contribution in [1.82, 2.24) is 19.3 Å². The number of imidazole rings is 1. The van der Waals surface area contributed by atoms with Gasteiger partial charge >= 0.3 is 6.18 Å². The lowest BCUT2D eigenvalue weighted by molar-refractivity contribution is -0.137. The van der Waals surface area contributed by atoms with Crippen LogP contribution >= 0.6 is 11.6 Å². The second-order valence-corrected chi connectivity index (χ2v) is 11.1. The summed E-state index contributed by atoms with van der Waals surface area (Å²) in [7, 11) is 0. The Kier molecular flexibility index (Phi) is 6.30. The van der Waals surface area contributed by atoms with E-state index in [-0.39, 0.29) is 29.2 Å². The number of rotatable bonds is 4. The Hall–Kier alpha value is -3.63. The third-order valence-electron chi connectivity index (χ3n) is 8.23. The van der Waals surface area contributed by atoms with Gasteiger partial charge < -0.3 is 15.7 Å². The van der Waals surface area contributed by atoms with E-state index < -0.39 is 17.3 Å². The van der Waals surface area contributed by atoms with Gasteiger partial charge in [-0.05, 0) is 49.4 Å². The number of benzene rings is 2. The lowest BCUT2D eigenvalue weighted by Gasteiger charge is -2.34. The first-order valence-corrected chi connectivity index (χ1v) is 13.5. The van der Waals surface area contributed by atoms with Crippen LogP contribution < -0.4 is 5.73 Å². The Morgan fingerprint density at radius 3 is 2.50 bits per heavy atom. The van der Waals surface area contributed by atoms with Gasteiger partial charge in [0.25, 0.3) is 0 Å². The maximum absolute atomic E-state index is 13.3. The van der Waals surface area contributed by atoms with E-state index in [0.29, 0.717) is 46.3 Å².